The fourth-order valence-electron chi connectivity index (χ4n) is 7.71. The molecule has 0 aromatic heterocycles. The summed E-state index contributed by atoms with van der Waals surface area (Å²) in [5.74, 6) is -1.73. The minimum Gasteiger partial charge on any atom is -0.544 e. The van der Waals surface area contributed by atoms with Gasteiger partial charge < -0.3 is 28.6 Å². The second-order valence-corrected chi connectivity index (χ2v) is 18.7. The number of likely N-dealkylation sites (N-methyl/N-ethyl adjacent to an activating group) is 1. The average Bonchev–Trinajstić information content (AvgIpc) is 3.24. The Morgan fingerprint density at radius 2 is 0.889 bits per heavy atom. The number of nitrogens with zero attached hydrogens (tertiary/aromatic N) is 1. The summed E-state index contributed by atoms with van der Waals surface area (Å²) in [5.41, 5.74) is 0. The van der Waals surface area contributed by atoms with Gasteiger partial charge in [-0.3, -0.25) is 9.59 Å². The Bertz CT molecular complexity index is 1170. The number of unbranched alkanes of at least 4 members (excludes halogenated alkanes) is 25. The summed E-state index contributed by atoms with van der Waals surface area (Å²) in [4.78, 5) is 37.1. The van der Waals surface area contributed by atoms with Crippen LogP contribution in [0, 0.1) is 0 Å². The van der Waals surface area contributed by atoms with E-state index in [-0.39, 0.29) is 42.7 Å². The highest BCUT2D eigenvalue weighted by Gasteiger charge is 2.25. The molecule has 0 radical (unpaired) electrons. The summed E-state index contributed by atoms with van der Waals surface area (Å²) < 4.78 is 17.3. The first-order valence-electron chi connectivity index (χ1n) is 26.2. The lowest BCUT2D eigenvalue weighted by Crippen LogP contribution is -2.55. The first kappa shape index (κ1) is 60.3. The van der Waals surface area contributed by atoms with Gasteiger partial charge in [0.15, 0.2) is 6.10 Å². The minimum absolute atomic E-state index is 0.0411. The number of rotatable bonds is 47. The van der Waals surface area contributed by atoms with Gasteiger partial charge in [0.2, 0.25) is 0 Å². The molecule has 2 atom stereocenters. The molecule has 0 bridgehead atoms. The summed E-state index contributed by atoms with van der Waals surface area (Å²) in [6, 6.07) is -0.726. The van der Waals surface area contributed by atoms with Gasteiger partial charge in [0, 0.05) is 19.3 Å². The number of carbonyl (C=O) groups excluding carboxylic acids is 3. The van der Waals surface area contributed by atoms with Gasteiger partial charge in [0.05, 0.1) is 40.3 Å². The molecule has 0 aliphatic carbocycles. The smallest absolute Gasteiger partial charge is 0.306 e. The second kappa shape index (κ2) is 45.8. The highest BCUT2D eigenvalue weighted by Crippen LogP contribution is 2.16. The van der Waals surface area contributed by atoms with Gasteiger partial charge in [-0.25, -0.2) is 0 Å². The number of hydrogen-bond donors (Lipinski definition) is 0. The van der Waals surface area contributed by atoms with Gasteiger partial charge in [-0.15, -0.1) is 0 Å². The van der Waals surface area contributed by atoms with Crippen LogP contribution in [0.4, 0.5) is 0 Å². The van der Waals surface area contributed by atoms with E-state index in [1.165, 1.54) is 128 Å². The van der Waals surface area contributed by atoms with Crippen LogP contribution in [0.3, 0.4) is 0 Å². The van der Waals surface area contributed by atoms with Crippen molar-refractivity contribution in [1.29, 1.82) is 0 Å². The van der Waals surface area contributed by atoms with Crippen molar-refractivity contribution >= 4 is 17.9 Å². The summed E-state index contributed by atoms with van der Waals surface area (Å²) in [5, 5.41) is 11.7. The lowest BCUT2D eigenvalue weighted by atomic mass is 10.0. The van der Waals surface area contributed by atoms with E-state index in [0.29, 0.717) is 12.8 Å². The van der Waals surface area contributed by atoms with E-state index in [1.54, 1.807) is 21.1 Å². The molecule has 8 nitrogen and oxygen atoms in total. The van der Waals surface area contributed by atoms with Crippen molar-refractivity contribution in [1.82, 2.24) is 0 Å². The number of aliphatic carboxylic acids is 1. The normalized spacial score (nSPS) is 13.2. The fourth-order valence-corrected chi connectivity index (χ4v) is 7.71. The molecule has 0 spiro atoms. The number of ether oxygens (including phenoxy) is 3. The van der Waals surface area contributed by atoms with Crippen LogP contribution in [0.15, 0.2) is 48.6 Å². The number of hydrogen-bond acceptors (Lipinski definition) is 7. The van der Waals surface area contributed by atoms with Crippen molar-refractivity contribution in [2.24, 2.45) is 0 Å². The van der Waals surface area contributed by atoms with Gasteiger partial charge in [-0.2, -0.15) is 0 Å². The third-order valence-electron chi connectivity index (χ3n) is 11.7. The predicted octanol–water partition coefficient (Wildman–Crippen LogP) is 13.8. The molecule has 0 aromatic carbocycles. The third kappa shape index (κ3) is 44.3. The molecule has 2 unspecified atom stereocenters. The van der Waals surface area contributed by atoms with E-state index in [9.17, 15) is 19.5 Å². The number of carboxylic acids is 1. The Labute approximate surface area is 388 Å². The van der Waals surface area contributed by atoms with Crippen LogP contribution in [0.1, 0.15) is 232 Å². The highest BCUT2D eigenvalue weighted by atomic mass is 16.6. The van der Waals surface area contributed by atoms with Crippen LogP contribution < -0.4 is 5.11 Å². The Kier molecular flexibility index (Phi) is 43.9. The van der Waals surface area contributed by atoms with E-state index in [0.717, 1.165) is 70.6 Å². The maximum absolute atomic E-state index is 12.8. The van der Waals surface area contributed by atoms with Crippen LogP contribution in [-0.2, 0) is 28.6 Å². The Morgan fingerprint density at radius 3 is 1.32 bits per heavy atom. The first-order chi connectivity index (χ1) is 30.6. The standard InChI is InChI=1S/C55H99NO7/c1-6-8-10-12-14-16-18-20-22-24-25-26-27-28-30-31-33-35-37-39-41-43-45-53(57)62-50-51(49-61-48-47-52(55(59)60)56(3,4)5)63-54(58)46-44-42-40-38-36-34-32-29-23-21-19-17-15-13-11-9-7-2/h8,10,14,16,20,22,25-26,51-52H,6-7,9,11-13,15,17-19,21,23-24,27-50H2,1-5H3/b10-8+,16-14+,22-20+,26-25+. The van der Waals surface area contributed by atoms with E-state index in [2.05, 4.69) is 62.5 Å². The molecule has 0 heterocycles. The van der Waals surface area contributed by atoms with E-state index in [4.69, 9.17) is 14.2 Å². The molecule has 0 aliphatic heterocycles. The topological polar surface area (TPSA) is 102 Å². The van der Waals surface area contributed by atoms with E-state index in [1.807, 2.05) is 0 Å². The lowest BCUT2D eigenvalue weighted by Gasteiger charge is -2.34. The Morgan fingerprint density at radius 1 is 0.492 bits per heavy atom. The van der Waals surface area contributed by atoms with Crippen LogP contribution in [0.2, 0.25) is 0 Å². The zero-order valence-corrected chi connectivity index (χ0v) is 41.7. The summed E-state index contributed by atoms with van der Waals surface area (Å²) in [7, 11) is 5.42. The molecule has 0 fully saturated rings. The monoisotopic (exact) mass is 886 g/mol. The molecule has 8 heteroatoms. The highest BCUT2D eigenvalue weighted by molar-refractivity contribution is 5.70. The second-order valence-electron chi connectivity index (χ2n) is 18.7. The molecule has 0 N–H and O–H groups in total. The van der Waals surface area contributed by atoms with Crippen molar-refractivity contribution in [3.8, 4) is 0 Å². The largest absolute Gasteiger partial charge is 0.544 e. The van der Waals surface area contributed by atoms with Gasteiger partial charge >= 0.3 is 11.9 Å². The van der Waals surface area contributed by atoms with Crippen molar-refractivity contribution in [3.63, 3.8) is 0 Å². The third-order valence-corrected chi connectivity index (χ3v) is 11.7. The number of esters is 2. The maximum Gasteiger partial charge on any atom is 0.306 e. The molecule has 366 valence electrons. The van der Waals surface area contributed by atoms with E-state index >= 15 is 0 Å². The summed E-state index contributed by atoms with van der Waals surface area (Å²) in [6.07, 6.45) is 55.6. The van der Waals surface area contributed by atoms with Gasteiger partial charge in [-0.1, -0.05) is 210 Å². The molecular weight excluding hydrogens is 787 g/mol. The molecule has 0 saturated heterocycles. The summed E-state index contributed by atoms with van der Waals surface area (Å²) >= 11 is 0. The molecule has 0 aromatic rings. The number of allylic oxidation sites excluding steroid dienone is 8. The molecule has 0 rings (SSSR count). The van der Waals surface area contributed by atoms with Crippen molar-refractivity contribution in [3.05, 3.63) is 48.6 Å². The number of quaternary nitrogens is 1. The van der Waals surface area contributed by atoms with E-state index < -0.39 is 18.1 Å². The fraction of sp³-hybridized carbons (Fsp3) is 0.800. The van der Waals surface area contributed by atoms with Crippen molar-refractivity contribution in [2.75, 3.05) is 41.0 Å². The Balaban J connectivity index is 4.22. The Hall–Kier alpha value is -2.71. The lowest BCUT2D eigenvalue weighted by molar-refractivity contribution is -0.889. The summed E-state index contributed by atoms with van der Waals surface area (Å²) in [6.45, 7) is 4.58. The van der Waals surface area contributed by atoms with Crippen LogP contribution in [0.25, 0.3) is 0 Å². The molecular formula is C55H99NO7. The maximum atomic E-state index is 12.8. The first-order valence-corrected chi connectivity index (χ1v) is 26.2. The van der Waals surface area contributed by atoms with Crippen LogP contribution >= 0.6 is 0 Å². The average molecular weight is 886 g/mol. The van der Waals surface area contributed by atoms with Crippen molar-refractivity contribution < 1.29 is 38.2 Å². The molecule has 63 heavy (non-hydrogen) atoms. The van der Waals surface area contributed by atoms with Crippen LogP contribution in [0.5, 0.6) is 0 Å². The molecule has 0 saturated carbocycles. The van der Waals surface area contributed by atoms with Crippen molar-refractivity contribution in [2.45, 2.75) is 244 Å². The van der Waals surface area contributed by atoms with Gasteiger partial charge in [0.1, 0.15) is 12.6 Å². The van der Waals surface area contributed by atoms with Crippen LogP contribution in [-0.4, -0.2) is 75.5 Å². The molecule has 0 amide bonds. The SMILES string of the molecule is CC/C=C/C/C=C/C/C=C/C/C=C/CCCCCCCCCCCC(=O)OCC(COCCC(C(=O)[O-])[N+](C)(C)C)OC(=O)CCCCCCCCCCCCCCCCCCC. The van der Waals surface area contributed by atoms with Gasteiger partial charge in [0.25, 0.3) is 0 Å². The minimum atomic E-state index is -1.12. The molecule has 0 aliphatic rings. The number of carboxylic acid groups (broad SMARTS) is 1. The number of carbonyl (C=O) groups is 3. The quantitative estimate of drug-likeness (QED) is 0.0259. The predicted molar refractivity (Wildman–Crippen MR) is 263 cm³/mol. The van der Waals surface area contributed by atoms with Gasteiger partial charge in [-0.05, 0) is 51.4 Å². The zero-order chi connectivity index (χ0) is 46.3. The zero-order valence-electron chi connectivity index (χ0n) is 41.7.